The molecule has 3 rings (SSSR count). The summed E-state index contributed by atoms with van der Waals surface area (Å²) in [6.45, 7) is 3.26. The second-order valence-electron chi connectivity index (χ2n) is 6.11. The summed E-state index contributed by atoms with van der Waals surface area (Å²) in [7, 11) is 0. The maximum absolute atomic E-state index is 12.6. The Bertz CT molecular complexity index is 687. The number of rotatable bonds is 5. The van der Waals surface area contributed by atoms with Crippen LogP contribution in [0.4, 0.5) is 0 Å². The van der Waals surface area contributed by atoms with Gasteiger partial charge in [0.05, 0.1) is 0 Å². The van der Waals surface area contributed by atoms with Gasteiger partial charge in [-0.25, -0.2) is 0 Å². The van der Waals surface area contributed by atoms with Gasteiger partial charge in [0, 0.05) is 23.0 Å². The van der Waals surface area contributed by atoms with Gasteiger partial charge in [0.2, 0.25) is 0 Å². The summed E-state index contributed by atoms with van der Waals surface area (Å²) in [5.41, 5.74) is 3.64. The van der Waals surface area contributed by atoms with Gasteiger partial charge in [-0.3, -0.25) is 9.69 Å². The molecule has 118 valence electrons. The standard InChI is InChI=1S/C20H21NOS/c22-20(18-9-7-16(15-23)8-10-18)19-6-4-5-17(13-19)14-21-11-2-1-3-12-21/h4-10,13,15H,1-3,11-12,14H2. The molecule has 0 bridgehead atoms. The summed E-state index contributed by atoms with van der Waals surface area (Å²) in [5, 5.41) is 1.62. The fraction of sp³-hybridized carbons (Fsp3) is 0.300. The van der Waals surface area contributed by atoms with Crippen LogP contribution in [0.5, 0.6) is 0 Å². The number of nitrogens with zero attached hydrogens (tertiary/aromatic N) is 1. The maximum Gasteiger partial charge on any atom is 0.193 e. The Labute approximate surface area is 143 Å². The summed E-state index contributed by atoms with van der Waals surface area (Å²) < 4.78 is 0. The van der Waals surface area contributed by atoms with Crippen molar-refractivity contribution in [3.05, 3.63) is 70.8 Å². The Morgan fingerprint density at radius 1 is 1.00 bits per heavy atom. The molecule has 2 aromatic rings. The van der Waals surface area contributed by atoms with Crippen LogP contribution in [0.3, 0.4) is 0 Å². The van der Waals surface area contributed by atoms with Crippen LogP contribution in [0.1, 0.15) is 46.3 Å². The molecule has 0 spiro atoms. The quantitative estimate of drug-likeness (QED) is 0.606. The number of likely N-dealkylation sites (tertiary alicyclic amines) is 1. The van der Waals surface area contributed by atoms with Gasteiger partial charge in [-0.1, -0.05) is 61.1 Å². The monoisotopic (exact) mass is 323 g/mol. The minimum absolute atomic E-state index is 0.0708. The third kappa shape index (κ3) is 4.12. The molecule has 2 nitrogen and oxygen atoms in total. The number of thiocarbonyl (C=S) groups is 1. The van der Waals surface area contributed by atoms with E-state index in [2.05, 4.69) is 11.0 Å². The van der Waals surface area contributed by atoms with E-state index in [0.717, 1.165) is 30.8 Å². The van der Waals surface area contributed by atoms with Crippen molar-refractivity contribution in [2.24, 2.45) is 0 Å². The normalized spacial score (nSPS) is 15.3. The molecule has 1 aliphatic rings. The third-order valence-corrected chi connectivity index (χ3v) is 4.63. The zero-order chi connectivity index (χ0) is 16.1. The first-order chi connectivity index (χ1) is 11.3. The lowest BCUT2D eigenvalue weighted by Crippen LogP contribution is -2.29. The average Bonchev–Trinajstić information content (AvgIpc) is 2.62. The number of piperidine rings is 1. The van der Waals surface area contributed by atoms with Crippen LogP contribution < -0.4 is 0 Å². The molecule has 3 heteroatoms. The number of hydrogen-bond acceptors (Lipinski definition) is 3. The number of ketones is 1. The number of carbonyl (C=O) groups excluding carboxylic acids is 1. The molecule has 0 saturated carbocycles. The van der Waals surface area contributed by atoms with Gasteiger partial charge in [0.1, 0.15) is 0 Å². The Morgan fingerprint density at radius 3 is 2.43 bits per heavy atom. The molecule has 1 fully saturated rings. The molecule has 0 radical (unpaired) electrons. The molecule has 2 aromatic carbocycles. The van der Waals surface area contributed by atoms with E-state index in [9.17, 15) is 4.79 Å². The molecule has 0 amide bonds. The molecule has 1 aliphatic heterocycles. The summed E-state index contributed by atoms with van der Waals surface area (Å²) in [5.74, 6) is 0.0708. The van der Waals surface area contributed by atoms with Gasteiger partial charge in [-0.05, 0) is 43.1 Å². The largest absolute Gasteiger partial charge is 0.299 e. The topological polar surface area (TPSA) is 20.3 Å². The van der Waals surface area contributed by atoms with E-state index in [1.165, 1.54) is 24.8 Å². The van der Waals surface area contributed by atoms with E-state index < -0.39 is 0 Å². The average molecular weight is 323 g/mol. The molecular formula is C20H21NOS. The Morgan fingerprint density at radius 2 is 1.74 bits per heavy atom. The number of benzene rings is 2. The van der Waals surface area contributed by atoms with Crippen molar-refractivity contribution in [1.82, 2.24) is 4.90 Å². The van der Waals surface area contributed by atoms with E-state index >= 15 is 0 Å². The Balaban J connectivity index is 1.75. The van der Waals surface area contributed by atoms with Gasteiger partial charge in [-0.2, -0.15) is 0 Å². The highest BCUT2D eigenvalue weighted by atomic mass is 32.1. The molecule has 0 aliphatic carbocycles. The minimum Gasteiger partial charge on any atom is -0.299 e. The highest BCUT2D eigenvalue weighted by Crippen LogP contribution is 2.16. The van der Waals surface area contributed by atoms with Crippen molar-refractivity contribution in [1.29, 1.82) is 0 Å². The van der Waals surface area contributed by atoms with Crippen molar-refractivity contribution in [2.75, 3.05) is 13.1 Å². The molecule has 0 atom stereocenters. The molecule has 1 saturated heterocycles. The number of carbonyl (C=O) groups is 1. The smallest absolute Gasteiger partial charge is 0.193 e. The lowest BCUT2D eigenvalue weighted by molar-refractivity contribution is 0.103. The summed E-state index contributed by atoms with van der Waals surface area (Å²) in [4.78, 5) is 15.1. The molecule has 0 aromatic heterocycles. The predicted molar refractivity (Wildman–Crippen MR) is 98.2 cm³/mol. The van der Waals surface area contributed by atoms with E-state index in [0.29, 0.717) is 5.56 Å². The van der Waals surface area contributed by atoms with Gasteiger partial charge >= 0.3 is 0 Å². The molecule has 0 unspecified atom stereocenters. The van der Waals surface area contributed by atoms with Gasteiger partial charge in [0.25, 0.3) is 0 Å². The van der Waals surface area contributed by atoms with Crippen LogP contribution in [0, 0.1) is 0 Å². The van der Waals surface area contributed by atoms with Crippen molar-refractivity contribution >= 4 is 23.4 Å². The second-order valence-corrected chi connectivity index (χ2v) is 6.34. The maximum atomic E-state index is 12.6. The highest BCUT2D eigenvalue weighted by molar-refractivity contribution is 7.79. The van der Waals surface area contributed by atoms with E-state index in [1.54, 1.807) is 5.37 Å². The summed E-state index contributed by atoms with van der Waals surface area (Å²) in [6.07, 6.45) is 3.91. The lowest BCUT2D eigenvalue weighted by atomic mass is 10.00. The second kappa shape index (κ2) is 7.62. The SMILES string of the molecule is O=C(c1ccc(C=S)cc1)c1cccc(CN2CCCCC2)c1. The number of hydrogen-bond donors (Lipinski definition) is 0. The van der Waals surface area contributed by atoms with Crippen LogP contribution in [-0.2, 0) is 6.54 Å². The summed E-state index contributed by atoms with van der Waals surface area (Å²) >= 11 is 4.90. The predicted octanol–water partition coefficient (Wildman–Crippen LogP) is 4.25. The lowest BCUT2D eigenvalue weighted by Gasteiger charge is -2.26. The summed E-state index contributed by atoms with van der Waals surface area (Å²) in [6, 6.07) is 15.5. The molecule has 0 N–H and O–H groups in total. The fourth-order valence-electron chi connectivity index (χ4n) is 3.07. The van der Waals surface area contributed by atoms with Crippen LogP contribution in [0.15, 0.2) is 48.5 Å². The first kappa shape index (κ1) is 16.0. The minimum atomic E-state index is 0.0708. The zero-order valence-corrected chi connectivity index (χ0v) is 14.0. The molecule has 23 heavy (non-hydrogen) atoms. The Kier molecular flexibility index (Phi) is 5.31. The first-order valence-corrected chi connectivity index (χ1v) is 8.64. The first-order valence-electron chi connectivity index (χ1n) is 8.17. The van der Waals surface area contributed by atoms with Crippen LogP contribution in [-0.4, -0.2) is 29.1 Å². The van der Waals surface area contributed by atoms with E-state index in [-0.39, 0.29) is 5.78 Å². The van der Waals surface area contributed by atoms with Crippen LogP contribution >= 0.6 is 12.2 Å². The third-order valence-electron chi connectivity index (χ3n) is 4.35. The van der Waals surface area contributed by atoms with Gasteiger partial charge in [-0.15, -0.1) is 0 Å². The van der Waals surface area contributed by atoms with Crippen molar-refractivity contribution in [3.63, 3.8) is 0 Å². The van der Waals surface area contributed by atoms with Crippen LogP contribution in [0.25, 0.3) is 0 Å². The van der Waals surface area contributed by atoms with Gasteiger partial charge < -0.3 is 0 Å². The van der Waals surface area contributed by atoms with E-state index in [1.807, 2.05) is 42.5 Å². The van der Waals surface area contributed by atoms with Crippen molar-refractivity contribution in [3.8, 4) is 0 Å². The Hall–Kier alpha value is -1.84. The molecule has 1 heterocycles. The van der Waals surface area contributed by atoms with Crippen molar-refractivity contribution < 1.29 is 4.79 Å². The highest BCUT2D eigenvalue weighted by Gasteiger charge is 2.13. The van der Waals surface area contributed by atoms with E-state index in [4.69, 9.17) is 12.2 Å². The zero-order valence-electron chi connectivity index (χ0n) is 13.2. The van der Waals surface area contributed by atoms with Crippen LogP contribution in [0.2, 0.25) is 0 Å². The molecular weight excluding hydrogens is 302 g/mol. The van der Waals surface area contributed by atoms with Crippen molar-refractivity contribution in [2.45, 2.75) is 25.8 Å². The van der Waals surface area contributed by atoms with Gasteiger partial charge in [0.15, 0.2) is 5.78 Å². The fourth-order valence-corrected chi connectivity index (χ4v) is 3.22.